The topological polar surface area (TPSA) is 42.7 Å². The van der Waals surface area contributed by atoms with Crippen molar-refractivity contribution < 1.29 is 0 Å². The van der Waals surface area contributed by atoms with Gasteiger partial charge >= 0.3 is 0 Å². The number of nitrogens with one attached hydrogen (secondary N) is 1. The summed E-state index contributed by atoms with van der Waals surface area (Å²) < 4.78 is 1.79. The van der Waals surface area contributed by atoms with Crippen LogP contribution in [0, 0.1) is 0 Å². The Hall–Kier alpha value is -1.39. The fourth-order valence-corrected chi connectivity index (χ4v) is 2.61. The largest absolute Gasteiger partial charge is 0.310 e. The van der Waals surface area contributed by atoms with Crippen LogP contribution in [0.1, 0.15) is 42.9 Å². The Kier molecular flexibility index (Phi) is 3.00. The zero-order valence-corrected chi connectivity index (χ0v) is 12.0. The van der Waals surface area contributed by atoms with Crippen LogP contribution in [0.15, 0.2) is 24.5 Å². The Morgan fingerprint density at radius 2 is 2.15 bits per heavy atom. The highest BCUT2D eigenvalue weighted by molar-refractivity contribution is 6.32. The third-order valence-corrected chi connectivity index (χ3v) is 4.15. The molecule has 0 unspecified atom stereocenters. The van der Waals surface area contributed by atoms with Crippen molar-refractivity contribution in [1.82, 2.24) is 20.1 Å². The molecule has 2 saturated carbocycles. The van der Waals surface area contributed by atoms with Gasteiger partial charge in [-0.15, -0.1) is 0 Å². The summed E-state index contributed by atoms with van der Waals surface area (Å²) in [5.41, 5.74) is 2.28. The normalized spacial score (nSPS) is 18.4. The van der Waals surface area contributed by atoms with Crippen LogP contribution in [-0.2, 0) is 6.54 Å². The third kappa shape index (κ3) is 2.58. The van der Waals surface area contributed by atoms with Gasteiger partial charge in [0.1, 0.15) is 0 Å². The van der Waals surface area contributed by atoms with Crippen molar-refractivity contribution in [3.8, 4) is 5.82 Å². The summed E-state index contributed by atoms with van der Waals surface area (Å²) in [5.74, 6) is 1.37. The highest BCUT2D eigenvalue weighted by Gasteiger charge is 2.26. The molecule has 20 heavy (non-hydrogen) atoms. The standard InChI is InChI=1S/C15H17ClN4/c16-13-7-10(8-17-12-3-4-12)9-18-15(13)20-6-5-14(19-20)11-1-2-11/h5-7,9,11-12,17H,1-4,8H2. The summed E-state index contributed by atoms with van der Waals surface area (Å²) >= 11 is 6.35. The van der Waals surface area contributed by atoms with Crippen LogP contribution in [0.25, 0.3) is 5.82 Å². The predicted molar refractivity (Wildman–Crippen MR) is 78.2 cm³/mol. The molecule has 104 valence electrons. The molecule has 2 heterocycles. The predicted octanol–water partition coefficient (Wildman–Crippen LogP) is 3.05. The first kappa shape index (κ1) is 12.4. The molecule has 2 aliphatic carbocycles. The molecule has 4 rings (SSSR count). The maximum absolute atomic E-state index is 6.35. The second kappa shape index (κ2) is 4.86. The Labute approximate surface area is 123 Å². The van der Waals surface area contributed by atoms with Crippen LogP contribution in [-0.4, -0.2) is 20.8 Å². The van der Waals surface area contributed by atoms with E-state index in [4.69, 9.17) is 11.6 Å². The van der Waals surface area contributed by atoms with Gasteiger partial charge in [0.05, 0.1) is 10.7 Å². The van der Waals surface area contributed by atoms with Gasteiger partial charge in [-0.2, -0.15) is 5.10 Å². The van der Waals surface area contributed by atoms with E-state index in [0.717, 1.165) is 17.8 Å². The lowest BCUT2D eigenvalue weighted by Crippen LogP contribution is -2.15. The van der Waals surface area contributed by atoms with Crippen LogP contribution >= 0.6 is 11.6 Å². The maximum atomic E-state index is 6.35. The van der Waals surface area contributed by atoms with Crippen LogP contribution < -0.4 is 5.32 Å². The van der Waals surface area contributed by atoms with Crippen molar-refractivity contribution in [3.63, 3.8) is 0 Å². The zero-order chi connectivity index (χ0) is 13.5. The van der Waals surface area contributed by atoms with Gasteiger partial charge in [0.15, 0.2) is 5.82 Å². The summed E-state index contributed by atoms with van der Waals surface area (Å²) in [6, 6.07) is 4.75. The van der Waals surface area contributed by atoms with Crippen molar-refractivity contribution in [3.05, 3.63) is 40.8 Å². The van der Waals surface area contributed by atoms with Crippen LogP contribution in [0.4, 0.5) is 0 Å². The van der Waals surface area contributed by atoms with E-state index in [1.54, 1.807) is 4.68 Å². The van der Waals surface area contributed by atoms with Gasteiger partial charge in [0, 0.05) is 30.9 Å². The molecular weight excluding hydrogens is 272 g/mol. The molecule has 0 amide bonds. The number of hydrogen-bond acceptors (Lipinski definition) is 3. The average Bonchev–Trinajstić information content (AvgIpc) is 3.37. The van der Waals surface area contributed by atoms with Crippen LogP contribution in [0.2, 0.25) is 5.02 Å². The molecular formula is C15H17ClN4. The number of hydrogen-bond donors (Lipinski definition) is 1. The summed E-state index contributed by atoms with van der Waals surface area (Å²) in [6.45, 7) is 0.837. The molecule has 0 atom stereocenters. The molecule has 2 aliphatic rings. The Morgan fingerprint density at radius 3 is 2.85 bits per heavy atom. The highest BCUT2D eigenvalue weighted by Crippen LogP contribution is 2.39. The summed E-state index contributed by atoms with van der Waals surface area (Å²) in [7, 11) is 0. The van der Waals surface area contributed by atoms with Gasteiger partial charge in [-0.1, -0.05) is 11.6 Å². The van der Waals surface area contributed by atoms with Gasteiger partial charge in [0.2, 0.25) is 0 Å². The van der Waals surface area contributed by atoms with Crippen molar-refractivity contribution >= 4 is 11.6 Å². The molecule has 2 fully saturated rings. The molecule has 4 nitrogen and oxygen atoms in total. The van der Waals surface area contributed by atoms with Gasteiger partial charge in [0.25, 0.3) is 0 Å². The SMILES string of the molecule is Clc1cc(CNC2CC2)cnc1-n1ccc(C2CC2)n1. The van der Waals surface area contributed by atoms with Crippen LogP contribution in [0.5, 0.6) is 0 Å². The fourth-order valence-electron chi connectivity index (χ4n) is 2.34. The second-order valence-corrected chi connectivity index (χ2v) is 6.17. The van der Waals surface area contributed by atoms with Gasteiger partial charge in [-0.3, -0.25) is 0 Å². The molecule has 0 radical (unpaired) electrons. The van der Waals surface area contributed by atoms with Crippen molar-refractivity contribution in [2.75, 3.05) is 0 Å². The quantitative estimate of drug-likeness (QED) is 0.919. The molecule has 2 aromatic heterocycles. The minimum atomic E-state index is 0.650. The summed E-state index contributed by atoms with van der Waals surface area (Å²) in [5, 5.41) is 8.69. The van der Waals surface area contributed by atoms with Crippen molar-refractivity contribution in [1.29, 1.82) is 0 Å². The van der Waals surface area contributed by atoms with Gasteiger partial charge in [-0.05, 0) is 43.4 Å². The van der Waals surface area contributed by atoms with E-state index < -0.39 is 0 Å². The minimum absolute atomic E-state index is 0.650. The number of nitrogens with zero attached hydrogens (tertiary/aromatic N) is 3. The van der Waals surface area contributed by atoms with Crippen molar-refractivity contribution in [2.24, 2.45) is 0 Å². The minimum Gasteiger partial charge on any atom is -0.310 e. The molecule has 0 spiro atoms. The number of halogens is 1. The van der Waals surface area contributed by atoms with Crippen LogP contribution in [0.3, 0.4) is 0 Å². The van der Waals surface area contributed by atoms with E-state index in [9.17, 15) is 0 Å². The third-order valence-electron chi connectivity index (χ3n) is 3.87. The molecule has 5 heteroatoms. The Bertz CT molecular complexity index is 629. The monoisotopic (exact) mass is 288 g/mol. The molecule has 2 aromatic rings. The maximum Gasteiger partial charge on any atom is 0.172 e. The number of aromatic nitrogens is 3. The first-order chi connectivity index (χ1) is 9.79. The lowest BCUT2D eigenvalue weighted by Gasteiger charge is -2.07. The van der Waals surface area contributed by atoms with E-state index in [1.165, 1.54) is 25.7 Å². The molecule has 0 aromatic carbocycles. The zero-order valence-electron chi connectivity index (χ0n) is 11.2. The summed E-state index contributed by atoms with van der Waals surface area (Å²) in [4.78, 5) is 4.47. The van der Waals surface area contributed by atoms with Gasteiger partial charge in [-0.25, -0.2) is 9.67 Å². The van der Waals surface area contributed by atoms with E-state index in [2.05, 4.69) is 21.5 Å². The smallest absolute Gasteiger partial charge is 0.172 e. The second-order valence-electron chi connectivity index (χ2n) is 5.76. The molecule has 0 saturated heterocycles. The Morgan fingerprint density at radius 1 is 1.30 bits per heavy atom. The fraction of sp³-hybridized carbons (Fsp3) is 0.467. The first-order valence-electron chi connectivity index (χ1n) is 7.23. The molecule has 0 aliphatic heterocycles. The lowest BCUT2D eigenvalue weighted by atomic mass is 10.3. The molecule has 1 N–H and O–H groups in total. The lowest BCUT2D eigenvalue weighted by molar-refractivity contribution is 0.684. The van der Waals surface area contributed by atoms with Gasteiger partial charge < -0.3 is 5.32 Å². The highest BCUT2D eigenvalue weighted by atomic mass is 35.5. The first-order valence-corrected chi connectivity index (χ1v) is 7.61. The number of pyridine rings is 1. The Balaban J connectivity index is 1.53. The number of rotatable bonds is 5. The summed E-state index contributed by atoms with van der Waals surface area (Å²) in [6.07, 6.45) is 8.92. The average molecular weight is 289 g/mol. The van der Waals surface area contributed by atoms with E-state index in [1.807, 2.05) is 18.5 Å². The van der Waals surface area contributed by atoms with E-state index >= 15 is 0 Å². The van der Waals surface area contributed by atoms with E-state index in [0.29, 0.717) is 22.8 Å². The van der Waals surface area contributed by atoms with Crippen molar-refractivity contribution in [2.45, 2.75) is 44.2 Å². The van der Waals surface area contributed by atoms with E-state index in [-0.39, 0.29) is 0 Å². The molecule has 0 bridgehead atoms.